The van der Waals surface area contributed by atoms with Gasteiger partial charge in [0.05, 0.1) is 18.8 Å². The molecule has 0 aromatic rings. The van der Waals surface area contributed by atoms with Crippen molar-refractivity contribution in [3.8, 4) is 0 Å². The quantitative estimate of drug-likeness (QED) is 0.515. The van der Waals surface area contributed by atoms with Gasteiger partial charge in [0.1, 0.15) is 6.29 Å². The van der Waals surface area contributed by atoms with Gasteiger partial charge in [-0.15, -0.1) is 0 Å². The van der Waals surface area contributed by atoms with E-state index < -0.39 is 5.54 Å². The molecule has 1 N–H and O–H groups in total. The van der Waals surface area contributed by atoms with E-state index in [4.69, 9.17) is 4.74 Å². The molecule has 0 aliphatic carbocycles. The molecule has 0 rings (SSSR count). The minimum absolute atomic E-state index is 0.0815. The summed E-state index contributed by atoms with van der Waals surface area (Å²) >= 11 is 0. The van der Waals surface area contributed by atoms with E-state index in [2.05, 4.69) is 26.1 Å². The minimum atomic E-state index is -0.470. The molecule has 0 saturated heterocycles. The number of allylic oxidation sites excluding steroid dienone is 1. The maximum atomic E-state index is 12.0. The Kier molecular flexibility index (Phi) is 8.75. The normalized spacial score (nSPS) is 12.3. The van der Waals surface area contributed by atoms with E-state index in [0.29, 0.717) is 19.5 Å². The number of hydrogen-bond donors (Lipinski definition) is 1. The zero-order valence-electron chi connectivity index (χ0n) is 15.1. The number of likely N-dealkylation sites (N-methyl/N-ethyl adjacent to an activating group) is 1. The molecule has 6 nitrogen and oxygen atoms in total. The van der Waals surface area contributed by atoms with Crippen LogP contribution in [0.25, 0.3) is 0 Å². The summed E-state index contributed by atoms with van der Waals surface area (Å²) < 4.78 is 5.65. The second-order valence-electron chi connectivity index (χ2n) is 7.49. The first-order chi connectivity index (χ1) is 10.5. The highest BCUT2D eigenvalue weighted by molar-refractivity contribution is 5.91. The van der Waals surface area contributed by atoms with Crippen molar-refractivity contribution >= 4 is 18.1 Å². The van der Waals surface area contributed by atoms with Crippen LogP contribution in [0.5, 0.6) is 0 Å². The van der Waals surface area contributed by atoms with Gasteiger partial charge in [-0.05, 0) is 25.3 Å². The maximum Gasteiger partial charge on any atom is 0.246 e. The summed E-state index contributed by atoms with van der Waals surface area (Å²) in [7, 11) is 1.59. The molecule has 0 aliphatic heterocycles. The zero-order chi connectivity index (χ0) is 18.1. The topological polar surface area (TPSA) is 75.7 Å². The van der Waals surface area contributed by atoms with Crippen LogP contribution in [0.4, 0.5) is 0 Å². The monoisotopic (exact) mass is 326 g/mol. The first-order valence-electron chi connectivity index (χ1n) is 7.72. The van der Waals surface area contributed by atoms with Crippen molar-refractivity contribution in [3.63, 3.8) is 0 Å². The Bertz CT molecular complexity index is 436. The van der Waals surface area contributed by atoms with Crippen LogP contribution in [0.2, 0.25) is 0 Å². The van der Waals surface area contributed by atoms with Crippen LogP contribution in [-0.4, -0.2) is 55.3 Å². The lowest BCUT2D eigenvalue weighted by molar-refractivity contribution is -0.127. The van der Waals surface area contributed by atoms with Crippen LogP contribution in [0.15, 0.2) is 12.2 Å². The number of nitrogens with zero attached hydrogens (tertiary/aromatic N) is 1. The molecular weight excluding hydrogens is 296 g/mol. The fraction of sp³-hybridized carbons (Fsp3) is 0.706. The van der Waals surface area contributed by atoms with Gasteiger partial charge in [0.25, 0.3) is 0 Å². The highest BCUT2D eigenvalue weighted by Gasteiger charge is 2.22. The molecule has 132 valence electrons. The molecule has 0 bridgehead atoms. The van der Waals surface area contributed by atoms with Crippen molar-refractivity contribution in [2.24, 2.45) is 5.41 Å². The molecule has 2 amide bonds. The van der Waals surface area contributed by atoms with Crippen molar-refractivity contribution in [2.45, 2.75) is 46.6 Å². The first-order valence-corrected chi connectivity index (χ1v) is 7.72. The number of ether oxygens (including phenoxy) is 1. The second kappa shape index (κ2) is 9.45. The predicted octanol–water partition coefficient (Wildman–Crippen LogP) is 1.55. The Morgan fingerprint density at radius 3 is 2.26 bits per heavy atom. The summed E-state index contributed by atoms with van der Waals surface area (Å²) in [5.74, 6) is -0.453. The van der Waals surface area contributed by atoms with Crippen LogP contribution in [0, 0.1) is 5.41 Å². The van der Waals surface area contributed by atoms with Crippen LogP contribution in [-0.2, 0) is 19.1 Å². The highest BCUT2D eigenvalue weighted by atomic mass is 16.5. The predicted molar refractivity (Wildman–Crippen MR) is 90.0 cm³/mol. The van der Waals surface area contributed by atoms with Crippen LogP contribution in [0.1, 0.15) is 41.0 Å². The van der Waals surface area contributed by atoms with Crippen LogP contribution >= 0.6 is 0 Å². The van der Waals surface area contributed by atoms with Gasteiger partial charge in [-0.25, -0.2) is 0 Å². The maximum absolute atomic E-state index is 12.0. The molecule has 0 atom stereocenters. The van der Waals surface area contributed by atoms with Crippen LogP contribution < -0.4 is 5.32 Å². The van der Waals surface area contributed by atoms with Gasteiger partial charge in [-0.2, -0.15) is 0 Å². The largest absolute Gasteiger partial charge is 0.378 e. The van der Waals surface area contributed by atoms with Crippen molar-refractivity contribution in [1.29, 1.82) is 0 Å². The molecule has 0 aromatic heterocycles. The summed E-state index contributed by atoms with van der Waals surface area (Å²) in [5.41, 5.74) is -0.388. The number of carbonyl (C=O) groups is 3. The standard InChI is InChI=1S/C17H30N2O4/c1-16(2,3)12-23-13-17(4,5)18-14(21)9-10-19(6)15(22)8-7-11-20/h7-8,11H,9-10,12-13H2,1-6H3,(H,18,21)/b8-7-. The number of nitrogens with one attached hydrogen (secondary N) is 1. The van der Waals surface area contributed by atoms with Crippen LogP contribution in [0.3, 0.4) is 0 Å². The number of aldehydes is 1. The first kappa shape index (κ1) is 21.3. The summed E-state index contributed by atoms with van der Waals surface area (Å²) in [5, 5.41) is 2.90. The average molecular weight is 326 g/mol. The average Bonchev–Trinajstić information content (AvgIpc) is 2.39. The van der Waals surface area contributed by atoms with Gasteiger partial charge in [0.2, 0.25) is 11.8 Å². The van der Waals surface area contributed by atoms with Gasteiger partial charge in [-0.1, -0.05) is 20.8 Å². The number of amides is 2. The molecule has 0 aliphatic rings. The summed E-state index contributed by atoms with van der Waals surface area (Å²) in [6.45, 7) is 11.4. The van der Waals surface area contributed by atoms with Crippen molar-refractivity contribution in [2.75, 3.05) is 26.8 Å². The van der Waals surface area contributed by atoms with Gasteiger partial charge < -0.3 is 15.0 Å². The Balaban J connectivity index is 4.19. The molecule has 0 unspecified atom stereocenters. The molecule has 0 fully saturated rings. The van der Waals surface area contributed by atoms with E-state index in [1.807, 2.05) is 13.8 Å². The lowest BCUT2D eigenvalue weighted by atomic mass is 9.98. The summed E-state index contributed by atoms with van der Waals surface area (Å²) in [6.07, 6.45) is 3.04. The molecule has 6 heteroatoms. The molecule has 0 aromatic carbocycles. The Morgan fingerprint density at radius 1 is 1.13 bits per heavy atom. The third-order valence-corrected chi connectivity index (χ3v) is 2.84. The molecule has 23 heavy (non-hydrogen) atoms. The highest BCUT2D eigenvalue weighted by Crippen LogP contribution is 2.14. The molecule has 0 spiro atoms. The minimum Gasteiger partial charge on any atom is -0.378 e. The third-order valence-electron chi connectivity index (χ3n) is 2.84. The summed E-state index contributed by atoms with van der Waals surface area (Å²) in [4.78, 5) is 35.1. The van der Waals surface area contributed by atoms with Crippen molar-refractivity contribution in [3.05, 3.63) is 12.2 Å². The Hall–Kier alpha value is -1.69. The molecule has 0 heterocycles. The fourth-order valence-corrected chi connectivity index (χ4v) is 1.72. The van der Waals surface area contributed by atoms with Gasteiger partial charge >= 0.3 is 0 Å². The fourth-order valence-electron chi connectivity index (χ4n) is 1.72. The molecule has 0 radical (unpaired) electrons. The van der Waals surface area contributed by atoms with E-state index in [1.54, 1.807) is 7.05 Å². The lowest BCUT2D eigenvalue weighted by Crippen LogP contribution is -2.48. The lowest BCUT2D eigenvalue weighted by Gasteiger charge is -2.28. The van der Waals surface area contributed by atoms with Gasteiger partial charge in [0.15, 0.2) is 0 Å². The van der Waals surface area contributed by atoms with E-state index in [1.165, 1.54) is 11.0 Å². The van der Waals surface area contributed by atoms with E-state index >= 15 is 0 Å². The second-order valence-corrected chi connectivity index (χ2v) is 7.49. The van der Waals surface area contributed by atoms with Gasteiger partial charge in [0, 0.05) is 26.1 Å². The van der Waals surface area contributed by atoms with Crippen molar-refractivity contribution in [1.82, 2.24) is 10.2 Å². The number of hydrogen-bond acceptors (Lipinski definition) is 4. The van der Waals surface area contributed by atoms with Gasteiger partial charge in [-0.3, -0.25) is 14.4 Å². The van der Waals surface area contributed by atoms with E-state index in [0.717, 1.165) is 6.08 Å². The third kappa shape index (κ3) is 11.5. The molecule has 0 saturated carbocycles. The van der Waals surface area contributed by atoms with E-state index in [9.17, 15) is 14.4 Å². The smallest absolute Gasteiger partial charge is 0.246 e. The SMILES string of the molecule is CN(CCC(=O)NC(C)(C)COCC(C)(C)C)C(=O)/C=C\C=O. The van der Waals surface area contributed by atoms with E-state index in [-0.39, 0.29) is 30.2 Å². The summed E-state index contributed by atoms with van der Waals surface area (Å²) in [6, 6.07) is 0. The molecular formula is C17H30N2O4. The van der Waals surface area contributed by atoms with Crippen molar-refractivity contribution < 1.29 is 19.1 Å². The Morgan fingerprint density at radius 2 is 1.74 bits per heavy atom. The zero-order valence-corrected chi connectivity index (χ0v) is 15.1. The number of rotatable bonds is 9. The number of carbonyl (C=O) groups excluding carboxylic acids is 3. The Labute approximate surface area is 139 Å².